The van der Waals surface area contributed by atoms with Crippen molar-refractivity contribution in [1.82, 2.24) is 10.2 Å². The van der Waals surface area contributed by atoms with Crippen LogP contribution in [0.3, 0.4) is 0 Å². The highest BCUT2D eigenvalue weighted by molar-refractivity contribution is 5.53. The molecule has 0 fully saturated rings. The van der Waals surface area contributed by atoms with Crippen LogP contribution in [0.15, 0.2) is 6.08 Å². The summed E-state index contributed by atoms with van der Waals surface area (Å²) < 4.78 is 0. The molecule has 1 aromatic rings. The third-order valence-corrected chi connectivity index (χ3v) is 1.77. The van der Waals surface area contributed by atoms with Crippen LogP contribution in [0.4, 0.5) is 0 Å². The van der Waals surface area contributed by atoms with Crippen molar-refractivity contribution >= 4 is 6.08 Å². The van der Waals surface area contributed by atoms with Gasteiger partial charge in [0.1, 0.15) is 0 Å². The summed E-state index contributed by atoms with van der Waals surface area (Å²) in [6.45, 7) is 4.15. The van der Waals surface area contributed by atoms with Gasteiger partial charge in [0.2, 0.25) is 0 Å². The fourth-order valence-electron chi connectivity index (χ4n) is 1.08. The van der Waals surface area contributed by atoms with Gasteiger partial charge in [-0.15, -0.1) is 0 Å². The summed E-state index contributed by atoms with van der Waals surface area (Å²) in [4.78, 5) is 0. The van der Waals surface area contributed by atoms with Gasteiger partial charge in [0, 0.05) is 17.9 Å². The first kappa shape index (κ1) is 9.00. The first-order valence-electron chi connectivity index (χ1n) is 4.04. The van der Waals surface area contributed by atoms with E-state index in [1.54, 1.807) is 0 Å². The number of aromatic amines is 1. The number of H-pyrrole nitrogens is 1. The van der Waals surface area contributed by atoms with Crippen molar-refractivity contribution in [1.29, 1.82) is 0 Å². The fraction of sp³-hybridized carbons (Fsp3) is 0.444. The molecule has 0 atom stereocenters. The molecule has 66 valence electrons. The van der Waals surface area contributed by atoms with E-state index in [1.807, 2.05) is 26.0 Å². The van der Waals surface area contributed by atoms with Crippen LogP contribution in [-0.2, 0) is 0 Å². The Labute approximate surface area is 72.1 Å². The lowest BCUT2D eigenvalue weighted by Crippen LogP contribution is -1.79. The average molecular weight is 166 g/mol. The Balaban J connectivity index is 2.73. The van der Waals surface area contributed by atoms with Crippen molar-refractivity contribution in [2.24, 2.45) is 0 Å². The van der Waals surface area contributed by atoms with Gasteiger partial charge >= 0.3 is 0 Å². The number of hydrogen-bond acceptors (Lipinski definition) is 2. The van der Waals surface area contributed by atoms with E-state index in [0.29, 0.717) is 6.42 Å². The van der Waals surface area contributed by atoms with Crippen molar-refractivity contribution in [3.05, 3.63) is 23.0 Å². The van der Waals surface area contributed by atoms with Crippen molar-refractivity contribution in [3.8, 4) is 0 Å². The average Bonchev–Trinajstić information content (AvgIpc) is 2.35. The van der Waals surface area contributed by atoms with E-state index in [1.165, 1.54) is 0 Å². The number of rotatable bonds is 3. The molecule has 0 radical (unpaired) electrons. The van der Waals surface area contributed by atoms with E-state index in [-0.39, 0.29) is 6.61 Å². The minimum Gasteiger partial charge on any atom is -0.396 e. The van der Waals surface area contributed by atoms with Gasteiger partial charge in [0.05, 0.1) is 5.69 Å². The van der Waals surface area contributed by atoms with Crippen molar-refractivity contribution in [3.63, 3.8) is 0 Å². The van der Waals surface area contributed by atoms with Crippen LogP contribution >= 0.6 is 0 Å². The predicted octanol–water partition coefficient (Wildman–Crippen LogP) is 1.42. The van der Waals surface area contributed by atoms with Gasteiger partial charge in [0.25, 0.3) is 0 Å². The molecule has 2 N–H and O–H groups in total. The Hall–Kier alpha value is -1.09. The summed E-state index contributed by atoms with van der Waals surface area (Å²) >= 11 is 0. The molecule has 1 rings (SSSR count). The highest BCUT2D eigenvalue weighted by Gasteiger charge is 2.00. The van der Waals surface area contributed by atoms with Gasteiger partial charge in [-0.05, 0) is 20.3 Å². The second kappa shape index (κ2) is 4.07. The Morgan fingerprint density at radius 3 is 2.75 bits per heavy atom. The maximum absolute atomic E-state index is 8.56. The summed E-state index contributed by atoms with van der Waals surface area (Å²) in [6, 6.07) is 0. The minimum atomic E-state index is 0.201. The largest absolute Gasteiger partial charge is 0.396 e. The van der Waals surface area contributed by atoms with E-state index in [4.69, 9.17) is 5.11 Å². The zero-order chi connectivity index (χ0) is 8.97. The van der Waals surface area contributed by atoms with E-state index in [2.05, 4.69) is 10.2 Å². The van der Waals surface area contributed by atoms with Gasteiger partial charge in [-0.3, -0.25) is 5.10 Å². The number of nitrogens with zero attached hydrogens (tertiary/aromatic N) is 1. The van der Waals surface area contributed by atoms with Gasteiger partial charge in [-0.25, -0.2) is 0 Å². The zero-order valence-electron chi connectivity index (χ0n) is 7.46. The molecular formula is C9H14N2O. The van der Waals surface area contributed by atoms with E-state index in [0.717, 1.165) is 17.0 Å². The molecule has 0 bridgehead atoms. The standard InChI is InChI=1S/C9H14N2O/c1-7-9(5-3-4-6-12)8(2)11-10-7/h3,5,12H,4,6H2,1-2H3,(H,10,11). The molecule has 3 nitrogen and oxygen atoms in total. The molecule has 0 amide bonds. The normalized spacial score (nSPS) is 11.2. The second-order valence-corrected chi connectivity index (χ2v) is 2.76. The van der Waals surface area contributed by atoms with Crippen LogP contribution in [0.1, 0.15) is 23.4 Å². The van der Waals surface area contributed by atoms with Gasteiger partial charge in [-0.1, -0.05) is 12.2 Å². The summed E-state index contributed by atoms with van der Waals surface area (Å²) in [5.74, 6) is 0. The highest BCUT2D eigenvalue weighted by atomic mass is 16.2. The molecule has 0 saturated heterocycles. The van der Waals surface area contributed by atoms with E-state index >= 15 is 0 Å². The monoisotopic (exact) mass is 166 g/mol. The number of nitrogens with one attached hydrogen (secondary N) is 1. The van der Waals surface area contributed by atoms with Crippen molar-refractivity contribution in [2.45, 2.75) is 20.3 Å². The van der Waals surface area contributed by atoms with Gasteiger partial charge in [0.15, 0.2) is 0 Å². The maximum atomic E-state index is 8.56. The van der Waals surface area contributed by atoms with Crippen LogP contribution in [-0.4, -0.2) is 21.9 Å². The van der Waals surface area contributed by atoms with E-state index in [9.17, 15) is 0 Å². The number of hydrogen-bond donors (Lipinski definition) is 2. The minimum absolute atomic E-state index is 0.201. The first-order chi connectivity index (χ1) is 5.75. The Bertz CT molecular complexity index is 257. The molecule has 0 aliphatic rings. The lowest BCUT2D eigenvalue weighted by Gasteiger charge is -1.90. The van der Waals surface area contributed by atoms with Gasteiger partial charge < -0.3 is 5.11 Å². The molecule has 0 saturated carbocycles. The quantitative estimate of drug-likeness (QED) is 0.713. The van der Waals surface area contributed by atoms with Crippen molar-refractivity contribution in [2.75, 3.05) is 6.61 Å². The molecule has 1 aromatic heterocycles. The Kier molecular flexibility index (Phi) is 3.05. The molecule has 0 unspecified atom stereocenters. The summed E-state index contributed by atoms with van der Waals surface area (Å²) in [7, 11) is 0. The third-order valence-electron chi connectivity index (χ3n) is 1.77. The number of aromatic nitrogens is 2. The van der Waals surface area contributed by atoms with Crippen LogP contribution in [0.2, 0.25) is 0 Å². The van der Waals surface area contributed by atoms with Crippen LogP contribution < -0.4 is 0 Å². The molecular weight excluding hydrogens is 152 g/mol. The molecule has 0 spiro atoms. The number of aryl methyl sites for hydroxylation is 2. The maximum Gasteiger partial charge on any atom is 0.0666 e. The number of aliphatic hydroxyl groups is 1. The van der Waals surface area contributed by atoms with Gasteiger partial charge in [-0.2, -0.15) is 5.10 Å². The first-order valence-corrected chi connectivity index (χ1v) is 4.04. The van der Waals surface area contributed by atoms with Crippen LogP contribution in [0, 0.1) is 13.8 Å². The summed E-state index contributed by atoms with van der Waals surface area (Å²) in [5.41, 5.74) is 3.20. The van der Waals surface area contributed by atoms with Crippen molar-refractivity contribution < 1.29 is 5.11 Å². The molecule has 0 aromatic carbocycles. The SMILES string of the molecule is Cc1n[nH]c(C)c1C=CCCO. The number of aliphatic hydroxyl groups excluding tert-OH is 1. The lowest BCUT2D eigenvalue weighted by molar-refractivity contribution is 0.303. The second-order valence-electron chi connectivity index (χ2n) is 2.76. The fourth-order valence-corrected chi connectivity index (χ4v) is 1.08. The topological polar surface area (TPSA) is 48.9 Å². The molecule has 0 aliphatic carbocycles. The summed E-state index contributed by atoms with van der Waals surface area (Å²) in [5, 5.41) is 15.5. The lowest BCUT2D eigenvalue weighted by atomic mass is 10.2. The predicted molar refractivity (Wildman–Crippen MR) is 48.8 cm³/mol. The van der Waals surface area contributed by atoms with E-state index < -0.39 is 0 Å². The van der Waals surface area contributed by atoms with Crippen LogP contribution in [0.25, 0.3) is 6.08 Å². The molecule has 3 heteroatoms. The smallest absolute Gasteiger partial charge is 0.0666 e. The molecule has 0 aliphatic heterocycles. The highest BCUT2D eigenvalue weighted by Crippen LogP contribution is 2.11. The molecule has 1 heterocycles. The Morgan fingerprint density at radius 1 is 1.50 bits per heavy atom. The van der Waals surface area contributed by atoms with Crippen LogP contribution in [0.5, 0.6) is 0 Å². The summed E-state index contributed by atoms with van der Waals surface area (Å²) in [6.07, 6.45) is 4.64. The Morgan fingerprint density at radius 2 is 2.25 bits per heavy atom. The zero-order valence-corrected chi connectivity index (χ0v) is 7.46. The molecule has 12 heavy (non-hydrogen) atoms. The third kappa shape index (κ3) is 1.95.